The summed E-state index contributed by atoms with van der Waals surface area (Å²) in [5.74, 6) is 4.34. The van der Waals surface area contributed by atoms with Gasteiger partial charge in [-0.05, 0) is 104 Å². The van der Waals surface area contributed by atoms with Gasteiger partial charge in [0.1, 0.15) is 6.42 Å². The van der Waals surface area contributed by atoms with Crippen molar-refractivity contribution in [2.45, 2.75) is 122 Å². The van der Waals surface area contributed by atoms with Gasteiger partial charge in [-0.3, -0.25) is 14.5 Å². The maximum Gasteiger partial charge on any atom is 0.232 e. The van der Waals surface area contributed by atoms with Crippen molar-refractivity contribution in [2.24, 2.45) is 52.3 Å². The molecule has 1 unspecified atom stereocenters. The Morgan fingerprint density at radius 2 is 1.67 bits per heavy atom. The minimum Gasteiger partial charge on any atom is -0.379 e. The highest BCUT2D eigenvalue weighted by Crippen LogP contribution is 2.71. The van der Waals surface area contributed by atoms with Crippen LogP contribution in [0.1, 0.15) is 98.3 Å². The van der Waals surface area contributed by atoms with E-state index >= 15 is 0 Å². The van der Waals surface area contributed by atoms with E-state index in [0.717, 1.165) is 83.0 Å². The number of hydrogen-bond acceptors (Lipinski definition) is 6. The van der Waals surface area contributed by atoms with E-state index in [4.69, 9.17) is 14.2 Å². The van der Waals surface area contributed by atoms with Crippen LogP contribution in [-0.4, -0.2) is 91.6 Å². The smallest absolute Gasteiger partial charge is 0.232 e. The Kier molecular flexibility index (Phi) is 7.90. The number of ether oxygens (including phenoxy) is 3. The van der Waals surface area contributed by atoms with Crippen molar-refractivity contribution in [1.29, 1.82) is 0 Å². The Morgan fingerprint density at radius 3 is 2.42 bits per heavy atom. The van der Waals surface area contributed by atoms with Gasteiger partial charge in [0.15, 0.2) is 5.79 Å². The van der Waals surface area contributed by atoms with Gasteiger partial charge in [-0.15, -0.1) is 0 Å². The predicted molar refractivity (Wildman–Crippen MR) is 171 cm³/mol. The molecule has 0 aromatic rings. The number of nitrogens with zero attached hydrogens (tertiary/aromatic N) is 2. The van der Waals surface area contributed by atoms with E-state index in [0.29, 0.717) is 46.6 Å². The van der Waals surface area contributed by atoms with Gasteiger partial charge in [-0.2, -0.15) is 0 Å². The molecule has 0 radical (unpaired) electrons. The fourth-order valence-electron chi connectivity index (χ4n) is 12.8. The van der Waals surface area contributed by atoms with Crippen LogP contribution in [0.4, 0.5) is 0 Å². The first kappa shape index (κ1) is 31.1. The zero-order chi connectivity index (χ0) is 31.1. The zero-order valence-electron chi connectivity index (χ0n) is 28.4. The number of amides is 2. The van der Waals surface area contributed by atoms with Gasteiger partial charge in [0.25, 0.3) is 0 Å². The van der Waals surface area contributed by atoms with Crippen molar-refractivity contribution in [3.8, 4) is 0 Å². The van der Waals surface area contributed by atoms with E-state index in [1.54, 1.807) is 0 Å². The second kappa shape index (κ2) is 11.4. The van der Waals surface area contributed by atoms with Crippen molar-refractivity contribution >= 4 is 11.8 Å². The van der Waals surface area contributed by atoms with Crippen LogP contribution < -0.4 is 5.32 Å². The molecular weight excluding hydrogens is 566 g/mol. The molecular formula is C37H59N3O5. The highest BCUT2D eigenvalue weighted by Gasteiger charge is 2.69. The van der Waals surface area contributed by atoms with Crippen LogP contribution in [0, 0.1) is 52.3 Å². The molecule has 8 heteroatoms. The molecule has 2 amide bonds. The third kappa shape index (κ3) is 5.04. The fraction of sp³-hybridized carbons (Fsp3) is 0.946. The first-order valence-electron chi connectivity index (χ1n) is 18.8. The standard InChI is InChI=1S/C37H59N3O5/c1-23-7-12-37(44-22-23)24(2)34-31(45-37)18-30-28-6-5-25-17-26(8-10-35(25,3)29(28)9-11-36(30,34)4)38-32(41)19-33(42)40-20-27(21-40)39-13-15-43-16-14-39/h23-31,34H,5-22H2,1-4H3,(H,38,41)/t23-,24-,25+,26-,28+,29?,30-,31-,34-,35-,36-,37+/m0/s1. The second-order valence-electron chi connectivity index (χ2n) is 17.5. The monoisotopic (exact) mass is 625 g/mol. The molecule has 0 aromatic heterocycles. The fourth-order valence-corrected chi connectivity index (χ4v) is 12.8. The zero-order valence-corrected chi connectivity index (χ0v) is 28.4. The summed E-state index contributed by atoms with van der Waals surface area (Å²) in [6.07, 6.45) is 12.5. The average Bonchev–Trinajstić information content (AvgIpc) is 3.44. The van der Waals surface area contributed by atoms with Crippen molar-refractivity contribution in [3.05, 3.63) is 0 Å². The highest BCUT2D eigenvalue weighted by atomic mass is 16.7. The first-order chi connectivity index (χ1) is 21.6. The molecule has 4 saturated carbocycles. The third-order valence-electron chi connectivity index (χ3n) is 15.4. The molecule has 0 bridgehead atoms. The van der Waals surface area contributed by atoms with E-state index in [1.807, 2.05) is 4.90 Å². The summed E-state index contributed by atoms with van der Waals surface area (Å²) < 4.78 is 19.0. The number of carbonyl (C=O) groups excluding carboxylic acids is 2. The van der Waals surface area contributed by atoms with Gasteiger partial charge in [-0.25, -0.2) is 0 Å². The second-order valence-corrected chi connectivity index (χ2v) is 17.5. The van der Waals surface area contributed by atoms with Crippen molar-refractivity contribution in [1.82, 2.24) is 15.1 Å². The Labute approximate surface area is 271 Å². The summed E-state index contributed by atoms with van der Waals surface area (Å²) in [6, 6.07) is 0.636. The highest BCUT2D eigenvalue weighted by molar-refractivity contribution is 5.97. The molecule has 0 aromatic carbocycles. The lowest BCUT2D eigenvalue weighted by molar-refractivity contribution is -0.273. The van der Waals surface area contributed by atoms with Gasteiger partial charge in [0, 0.05) is 50.6 Å². The van der Waals surface area contributed by atoms with E-state index < -0.39 is 0 Å². The Hall–Kier alpha value is -1.22. The number of likely N-dealkylation sites (tertiary alicyclic amines) is 1. The molecule has 4 aliphatic heterocycles. The summed E-state index contributed by atoms with van der Waals surface area (Å²) in [6.45, 7) is 15.8. The normalized spacial score (nSPS) is 49.9. The van der Waals surface area contributed by atoms with Crippen LogP contribution in [0.25, 0.3) is 0 Å². The Bertz CT molecular complexity index is 1140. The summed E-state index contributed by atoms with van der Waals surface area (Å²) in [4.78, 5) is 30.2. The largest absolute Gasteiger partial charge is 0.379 e. The molecule has 4 aliphatic carbocycles. The van der Waals surface area contributed by atoms with E-state index in [9.17, 15) is 9.59 Å². The third-order valence-corrected chi connectivity index (χ3v) is 15.4. The molecule has 4 saturated heterocycles. The molecule has 12 atom stereocenters. The molecule has 252 valence electrons. The number of morpholine rings is 1. The lowest BCUT2D eigenvalue weighted by atomic mass is 9.44. The molecule has 8 fully saturated rings. The van der Waals surface area contributed by atoms with Crippen LogP contribution in [-0.2, 0) is 23.8 Å². The average molecular weight is 626 g/mol. The Morgan fingerprint density at radius 1 is 0.889 bits per heavy atom. The number of fused-ring (bicyclic) bond motifs is 7. The predicted octanol–water partition coefficient (Wildman–Crippen LogP) is 4.85. The van der Waals surface area contributed by atoms with Gasteiger partial charge < -0.3 is 24.4 Å². The van der Waals surface area contributed by atoms with Crippen LogP contribution >= 0.6 is 0 Å². The summed E-state index contributed by atoms with van der Waals surface area (Å²) in [5, 5.41) is 3.31. The van der Waals surface area contributed by atoms with E-state index in [1.165, 1.54) is 44.9 Å². The lowest BCUT2D eigenvalue weighted by Crippen LogP contribution is -2.63. The molecule has 8 nitrogen and oxygen atoms in total. The van der Waals surface area contributed by atoms with Gasteiger partial charge >= 0.3 is 0 Å². The number of rotatable bonds is 4. The van der Waals surface area contributed by atoms with Crippen molar-refractivity contribution in [2.75, 3.05) is 46.0 Å². The minimum absolute atomic E-state index is 0.00654. The first-order valence-corrected chi connectivity index (χ1v) is 18.8. The summed E-state index contributed by atoms with van der Waals surface area (Å²) >= 11 is 0. The van der Waals surface area contributed by atoms with E-state index in [2.05, 4.69) is 37.9 Å². The number of carbonyl (C=O) groups is 2. The van der Waals surface area contributed by atoms with Crippen molar-refractivity contribution < 1.29 is 23.8 Å². The maximum atomic E-state index is 13.0. The van der Waals surface area contributed by atoms with Crippen molar-refractivity contribution in [3.63, 3.8) is 0 Å². The summed E-state index contributed by atoms with van der Waals surface area (Å²) in [7, 11) is 0. The summed E-state index contributed by atoms with van der Waals surface area (Å²) in [5.41, 5.74) is 0.724. The number of nitrogens with one attached hydrogen (secondary N) is 1. The number of hydrogen-bond donors (Lipinski definition) is 1. The molecule has 8 aliphatic rings. The van der Waals surface area contributed by atoms with E-state index in [-0.39, 0.29) is 30.1 Å². The van der Waals surface area contributed by atoms with Crippen LogP contribution in [0.3, 0.4) is 0 Å². The lowest BCUT2D eigenvalue weighted by Gasteiger charge is -2.61. The molecule has 45 heavy (non-hydrogen) atoms. The molecule has 4 heterocycles. The van der Waals surface area contributed by atoms with Crippen LogP contribution in [0.15, 0.2) is 0 Å². The van der Waals surface area contributed by atoms with Crippen LogP contribution in [0.2, 0.25) is 0 Å². The maximum absolute atomic E-state index is 13.0. The van der Waals surface area contributed by atoms with Gasteiger partial charge in [0.2, 0.25) is 11.8 Å². The molecule has 1 N–H and O–H groups in total. The quantitative estimate of drug-likeness (QED) is 0.450. The van der Waals surface area contributed by atoms with Gasteiger partial charge in [-0.1, -0.05) is 27.7 Å². The SMILES string of the molecule is C[C@H]1CC[C@@]2(OC1)O[C@H]1C[C@H]3[C@@H]4CC[C@@H]5C[C@@H](NC(=O)CC(=O)N6CC(N7CCOCC7)C6)CC[C@]5(C)C4CC[C@]3(C)[C@H]1[C@@H]2C. The minimum atomic E-state index is -0.329. The van der Waals surface area contributed by atoms with Crippen LogP contribution in [0.5, 0.6) is 0 Å². The molecule has 1 spiro atoms. The van der Waals surface area contributed by atoms with Gasteiger partial charge in [0.05, 0.1) is 25.9 Å². The Balaban J connectivity index is 0.853. The topological polar surface area (TPSA) is 80.3 Å². The molecule has 8 rings (SSSR count).